The third-order valence-corrected chi connectivity index (χ3v) is 26.7. The van der Waals surface area contributed by atoms with Gasteiger partial charge in [-0.1, -0.05) is 294 Å². The van der Waals surface area contributed by atoms with Crippen LogP contribution in [0.4, 0.5) is 51.2 Å². The molecule has 9 nitrogen and oxygen atoms in total. The van der Waals surface area contributed by atoms with Gasteiger partial charge in [-0.15, -0.1) is 178 Å². The van der Waals surface area contributed by atoms with E-state index < -0.39 is 0 Å². The van der Waals surface area contributed by atoms with E-state index in [1.165, 1.54) is 60.5 Å². The van der Waals surface area contributed by atoms with E-state index in [4.69, 9.17) is 24.9 Å². The van der Waals surface area contributed by atoms with Crippen LogP contribution < -0.4 is 14.7 Å². The minimum atomic E-state index is -0.182. The van der Waals surface area contributed by atoms with Crippen LogP contribution in [0.5, 0.6) is 0 Å². The van der Waals surface area contributed by atoms with Crippen LogP contribution in [0, 0.1) is 36.4 Å². The maximum Gasteiger partial charge on any atom is 2.00 e. The van der Waals surface area contributed by atoms with Gasteiger partial charge in [-0.25, -0.2) is 0 Å². The molecular formula is C130H101N9Pt3. The van der Waals surface area contributed by atoms with E-state index in [9.17, 15) is 0 Å². The summed E-state index contributed by atoms with van der Waals surface area (Å²) in [5, 5.41) is 4.86. The number of hydrogen-bond donors (Lipinski definition) is 0. The van der Waals surface area contributed by atoms with E-state index in [2.05, 4.69) is 465 Å². The van der Waals surface area contributed by atoms with Gasteiger partial charge in [0.15, 0.2) is 0 Å². The quantitative estimate of drug-likeness (QED) is 0.0827. The van der Waals surface area contributed by atoms with Gasteiger partial charge in [0.2, 0.25) is 0 Å². The van der Waals surface area contributed by atoms with Gasteiger partial charge in [0.25, 0.3) is 0 Å². The molecule has 0 unspecified atom stereocenters. The summed E-state index contributed by atoms with van der Waals surface area (Å²) in [5.41, 5.74) is 36.3. The largest absolute Gasteiger partial charge is 2.00 e. The molecule has 0 amide bonds. The molecule has 0 N–H and O–H groups in total. The molecule has 0 saturated carbocycles. The van der Waals surface area contributed by atoms with Gasteiger partial charge in [0.05, 0.1) is 0 Å². The van der Waals surface area contributed by atoms with Crippen molar-refractivity contribution < 1.29 is 63.2 Å². The second-order valence-electron chi connectivity index (χ2n) is 38.6. The van der Waals surface area contributed by atoms with Crippen LogP contribution in [-0.4, -0.2) is 29.9 Å². The third kappa shape index (κ3) is 19.9. The first-order chi connectivity index (χ1) is 67.7. The fraction of sp³-hybridized carbons (Fsp3) is 0.108. The molecule has 2 aliphatic rings. The molecule has 0 bridgehead atoms. The Hall–Kier alpha value is -14.8. The van der Waals surface area contributed by atoms with Crippen molar-refractivity contribution >= 4 is 72.7 Å². The van der Waals surface area contributed by atoms with Crippen molar-refractivity contribution in [3.8, 4) is 112 Å². The molecule has 15 aromatic carbocycles. The minimum absolute atomic E-state index is 0. The molecule has 21 aromatic rings. The van der Waals surface area contributed by atoms with Crippen molar-refractivity contribution in [3.63, 3.8) is 0 Å². The molecule has 0 radical (unpaired) electrons. The van der Waals surface area contributed by atoms with Crippen LogP contribution in [-0.2, 0) is 84.9 Å². The summed E-state index contributed by atoms with van der Waals surface area (Å²) in [6.07, 6.45) is 11.3. The van der Waals surface area contributed by atoms with Crippen LogP contribution in [0.3, 0.4) is 0 Å². The smallest absolute Gasteiger partial charge is 0.346 e. The number of rotatable bonds is 17. The number of aromatic nitrogens is 6. The van der Waals surface area contributed by atoms with Gasteiger partial charge in [0, 0.05) is 54.2 Å². The van der Waals surface area contributed by atoms with E-state index in [1.807, 2.05) is 91.8 Å². The molecule has 696 valence electrons. The topological polar surface area (TPSA) is 87.1 Å². The normalized spacial score (nSPS) is 12.2. The Morgan fingerprint density at radius 3 is 0.894 bits per heavy atom. The van der Waals surface area contributed by atoms with Crippen LogP contribution in [0.15, 0.2) is 431 Å². The number of hydrogen-bond acceptors (Lipinski definition) is 9. The number of nitrogens with zero attached hydrogens (tertiary/aromatic N) is 9. The molecule has 2 aliphatic carbocycles. The van der Waals surface area contributed by atoms with E-state index in [1.54, 1.807) is 0 Å². The molecule has 142 heavy (non-hydrogen) atoms. The Bertz CT molecular complexity index is 7770. The summed E-state index contributed by atoms with van der Waals surface area (Å²) >= 11 is 0. The molecule has 12 heteroatoms. The second kappa shape index (κ2) is 41.5. The Morgan fingerprint density at radius 1 is 0.218 bits per heavy atom. The van der Waals surface area contributed by atoms with Crippen molar-refractivity contribution in [2.45, 2.75) is 90.9 Å². The summed E-state index contributed by atoms with van der Waals surface area (Å²) in [7, 11) is 0. The zero-order valence-electron chi connectivity index (χ0n) is 80.5. The van der Waals surface area contributed by atoms with Crippen LogP contribution in [0.1, 0.15) is 103 Å². The molecule has 0 aliphatic heterocycles. The van der Waals surface area contributed by atoms with Crippen LogP contribution in [0.25, 0.3) is 134 Å². The predicted molar refractivity (Wildman–Crippen MR) is 574 cm³/mol. The zero-order chi connectivity index (χ0) is 94.9. The first-order valence-corrected chi connectivity index (χ1v) is 47.4. The molecule has 0 fully saturated rings. The van der Waals surface area contributed by atoms with Gasteiger partial charge in [-0.3, -0.25) is 0 Å². The molecule has 6 heterocycles. The van der Waals surface area contributed by atoms with Crippen LogP contribution in [0.2, 0.25) is 0 Å². The SMILES string of the molecule is CC(C)(C)c1cc(N(c2[c-]c(-c3ccccn3)ccc2)c2[c-]c(-c3cc(-c4ccccc4)ccn3)ccc2)cc(C(C)(C)C)c1.CC1(C)c2ccc(N(c3[c-]c4c(cc3)C(C)(C)c3cccc5ccnc-4c35)c3ccccc3)[c-]c2-c2nccc3cccc1c23.[Pt+2].[Pt+2].[Pt+2].[c-]1c(-c2cc(-c3ccccc3)ccn2)cccc1N(c1[c-]c(-c2cc(-c3ccccc3)ccn2)ccc1)c1ccc(-c2ccccc2)cc1. The maximum absolute atomic E-state index is 4.94. The van der Waals surface area contributed by atoms with Crippen molar-refractivity contribution in [1.82, 2.24) is 29.9 Å². The monoisotopic (exact) mass is 2370 g/mol. The fourth-order valence-corrected chi connectivity index (χ4v) is 19.3. The fourth-order valence-electron chi connectivity index (χ4n) is 19.3. The summed E-state index contributed by atoms with van der Waals surface area (Å²) < 4.78 is 0. The van der Waals surface area contributed by atoms with Crippen molar-refractivity contribution in [1.29, 1.82) is 0 Å². The number of para-hydroxylation sites is 1. The summed E-state index contributed by atoms with van der Waals surface area (Å²) in [6, 6.07) is 160. The minimum Gasteiger partial charge on any atom is -0.346 e. The molecule has 23 rings (SSSR count). The Balaban J connectivity index is 0.000000139. The summed E-state index contributed by atoms with van der Waals surface area (Å²) in [6.45, 7) is 22.9. The van der Waals surface area contributed by atoms with Gasteiger partial charge in [-0.2, -0.15) is 0 Å². The molecular weight excluding hydrogens is 2270 g/mol. The number of benzene rings is 15. The van der Waals surface area contributed by atoms with Gasteiger partial charge < -0.3 is 44.6 Å². The maximum atomic E-state index is 4.94. The van der Waals surface area contributed by atoms with Gasteiger partial charge in [0.1, 0.15) is 0 Å². The van der Waals surface area contributed by atoms with Gasteiger partial charge in [-0.05, 0) is 251 Å². The zero-order valence-corrected chi connectivity index (χ0v) is 87.3. The first-order valence-electron chi connectivity index (χ1n) is 47.4. The Morgan fingerprint density at radius 2 is 0.528 bits per heavy atom. The summed E-state index contributed by atoms with van der Waals surface area (Å²) in [4.78, 5) is 35.5. The van der Waals surface area contributed by atoms with Crippen LogP contribution >= 0.6 is 0 Å². The van der Waals surface area contributed by atoms with Crippen molar-refractivity contribution in [2.75, 3.05) is 14.7 Å². The third-order valence-electron chi connectivity index (χ3n) is 26.7. The second-order valence-corrected chi connectivity index (χ2v) is 38.6. The number of anilines is 9. The molecule has 0 atom stereocenters. The van der Waals surface area contributed by atoms with Gasteiger partial charge >= 0.3 is 63.2 Å². The first kappa shape index (κ1) is 97.4. The average Bonchev–Trinajstić information content (AvgIpc) is 0.715. The number of pyridine rings is 6. The average molecular weight is 2370 g/mol. The summed E-state index contributed by atoms with van der Waals surface area (Å²) in [5.74, 6) is 0. The molecule has 6 aromatic heterocycles. The van der Waals surface area contributed by atoms with E-state index >= 15 is 0 Å². The Kier molecular flexibility index (Phi) is 28.5. The molecule has 0 spiro atoms. The number of fused-ring (bicyclic) bond motifs is 4. The van der Waals surface area contributed by atoms with E-state index in [0.29, 0.717) is 0 Å². The van der Waals surface area contributed by atoms with E-state index in [-0.39, 0.29) is 84.9 Å². The molecule has 0 saturated heterocycles. The Labute approximate surface area is 877 Å². The van der Waals surface area contributed by atoms with E-state index in [0.717, 1.165) is 158 Å². The van der Waals surface area contributed by atoms with Crippen molar-refractivity contribution in [2.24, 2.45) is 0 Å². The standard InChI is InChI=1S/C46H31N3.C42H31N3.C42H39N3.3Pt/c1-4-12-34(13-5-1)37-22-24-42(25-23-37)49(43-20-10-18-40(30-43)45-32-38(26-28-47-45)35-14-6-2-7-15-35)44-21-11-19-41(31-44)46-33-39(27-29-48-46)36-16-8-3-9-17-36;1-41(2)33-18-16-29(24-31(33)39-37-26(20-22-43-39)10-8-14-35(37)41)45(28-12-6-5-7-13-28)30-17-19-34-32(25-30)40-38-27(21-23-44-40)11-9-15-36(38)42(34,3)4;1-41(2,3)34-27-35(42(4,5)6)29-38(28-34)45(36-18-12-16-32(24-36)39-20-10-11-22-43-39)37-19-13-17-33(25-37)40-26-31(21-23-44-40)30-14-8-7-9-15-30;;;/h1-29,32-33H;5-23H,1-4H3;7-23,26-29H,1-6H3;;;/q3*-2;3*+2. The van der Waals surface area contributed by atoms with Crippen molar-refractivity contribution in [3.05, 3.63) is 501 Å². The predicted octanol–water partition coefficient (Wildman–Crippen LogP) is 33.5.